The summed E-state index contributed by atoms with van der Waals surface area (Å²) in [5.41, 5.74) is 0. The Labute approximate surface area is 73.3 Å². The summed E-state index contributed by atoms with van der Waals surface area (Å²) in [4.78, 5) is 0. The van der Waals surface area contributed by atoms with Gasteiger partial charge in [0.1, 0.15) is 0 Å². The van der Waals surface area contributed by atoms with Gasteiger partial charge in [0, 0.05) is 0 Å². The zero-order chi connectivity index (χ0) is 0. The molecule has 0 spiro atoms. The SMILES string of the molecule is B.[Ga+3].[In+3].[P-3].[P-3]. The van der Waals surface area contributed by atoms with E-state index in [1.165, 1.54) is 0 Å². The number of hydrogen-bond donors (Lipinski definition) is 0. The first-order valence-corrected chi connectivity index (χ1v) is 0. The van der Waals surface area contributed by atoms with Gasteiger partial charge in [0.05, 0.1) is 8.41 Å². The van der Waals surface area contributed by atoms with E-state index in [0.29, 0.717) is 0 Å². The minimum Gasteiger partial charge on any atom is -3.00 e. The van der Waals surface area contributed by atoms with E-state index in [9.17, 15) is 0 Å². The average molecular weight is 260 g/mol. The molecule has 22 valence electrons. The molecule has 0 unspecified atom stereocenters. The van der Waals surface area contributed by atoms with Gasteiger partial charge in [0.2, 0.25) is 0 Å². The maximum absolute atomic E-state index is 0. The molecule has 0 aliphatic carbocycles. The Morgan fingerprint density at radius 2 is 0.800 bits per heavy atom. The third-order valence-corrected chi connectivity index (χ3v) is 0. The Hall–Kier alpha value is 2.43. The van der Waals surface area contributed by atoms with Crippen LogP contribution in [0.4, 0.5) is 0 Å². The van der Waals surface area contributed by atoms with Crippen molar-refractivity contribution in [2.45, 2.75) is 0 Å². The van der Waals surface area contributed by atoms with Crippen molar-refractivity contribution in [2.24, 2.45) is 0 Å². The first kappa shape index (κ1) is 52.0. The average Bonchev–Trinajstić information content (AvgIpc) is 0. The first-order chi connectivity index (χ1) is 0. The van der Waals surface area contributed by atoms with Crippen LogP contribution in [0.15, 0.2) is 0 Å². The molecule has 0 aliphatic rings. The van der Waals surface area contributed by atoms with Crippen LogP contribution in [-0.2, 0) is 0 Å². The molecule has 5 heavy (non-hydrogen) atoms. The first-order valence-electron chi connectivity index (χ1n) is 0. The van der Waals surface area contributed by atoms with Crippen molar-refractivity contribution in [1.29, 1.82) is 0 Å². The standard InChI is InChI=1S/BH3.Ga.In.2P/h1H3;;;;/q;2*+3;2*-3. The second-order valence-corrected chi connectivity index (χ2v) is 0. The molecule has 0 bridgehead atoms. The normalized spacial score (nSPS) is 0. The van der Waals surface area contributed by atoms with Crippen LogP contribution >= 0.6 is 19.8 Å². The maximum Gasteiger partial charge on any atom is 3.00 e. The number of rotatable bonds is 0. The summed E-state index contributed by atoms with van der Waals surface area (Å²) in [7, 11) is 0. The molecule has 5 heteroatoms. The van der Waals surface area contributed by atoms with E-state index >= 15 is 0 Å². The summed E-state index contributed by atoms with van der Waals surface area (Å²) in [6.07, 6.45) is 0. The Kier molecular flexibility index (Phi) is 334. The van der Waals surface area contributed by atoms with Gasteiger partial charge in [0.15, 0.2) is 0 Å². The third-order valence-electron chi connectivity index (χ3n) is 0. The second kappa shape index (κ2) is 32.1. The van der Waals surface area contributed by atoms with Crippen LogP contribution < -0.4 is 0 Å². The van der Waals surface area contributed by atoms with Crippen LogP contribution in [0.5, 0.6) is 0 Å². The predicted octanol–water partition coefficient (Wildman–Crippen LogP) is -0.223. The fourth-order valence-electron chi connectivity index (χ4n) is 0. The van der Waals surface area contributed by atoms with E-state index in [1.54, 1.807) is 0 Å². The molecular weight excluding hydrogens is 257 g/mol. The molecule has 0 fully saturated rings. The van der Waals surface area contributed by atoms with Crippen LogP contribution in [-0.4, -0.2) is 54.0 Å². The third kappa shape index (κ3) is 21.4. The van der Waals surface area contributed by atoms with Crippen molar-refractivity contribution in [3.8, 4) is 0 Å². The monoisotopic (exact) mass is 260 g/mol. The van der Waals surface area contributed by atoms with Gasteiger partial charge in [-0.1, -0.05) is 0 Å². The van der Waals surface area contributed by atoms with E-state index < -0.39 is 0 Å². The van der Waals surface area contributed by atoms with E-state index in [1.807, 2.05) is 0 Å². The Morgan fingerprint density at radius 1 is 0.800 bits per heavy atom. The van der Waals surface area contributed by atoms with Gasteiger partial charge in [0.25, 0.3) is 0 Å². The van der Waals surface area contributed by atoms with Gasteiger partial charge < -0.3 is 19.8 Å². The van der Waals surface area contributed by atoms with Gasteiger partial charge in [-0.05, 0) is 0 Å². The summed E-state index contributed by atoms with van der Waals surface area (Å²) in [6.45, 7) is 0. The Balaban J connectivity index is 0. The summed E-state index contributed by atoms with van der Waals surface area (Å²) < 4.78 is 0. The molecule has 0 aromatic carbocycles. The van der Waals surface area contributed by atoms with E-state index in [2.05, 4.69) is 0 Å². The van der Waals surface area contributed by atoms with E-state index in [0.717, 1.165) is 0 Å². The van der Waals surface area contributed by atoms with Crippen LogP contribution in [0.2, 0.25) is 0 Å². The number of hydrogen-bond acceptors (Lipinski definition) is 0. The molecule has 0 rings (SSSR count). The smallest absolute Gasteiger partial charge is 3.00 e. The van der Waals surface area contributed by atoms with E-state index in [-0.39, 0.29) is 73.8 Å². The largest absolute Gasteiger partial charge is 3.00 e. The van der Waals surface area contributed by atoms with Gasteiger partial charge in [-0.15, -0.1) is 0 Å². The molecule has 0 heterocycles. The van der Waals surface area contributed by atoms with Crippen molar-refractivity contribution in [3.05, 3.63) is 0 Å². The second-order valence-electron chi connectivity index (χ2n) is 0. The van der Waals surface area contributed by atoms with Crippen LogP contribution in [0, 0.1) is 0 Å². The van der Waals surface area contributed by atoms with Crippen molar-refractivity contribution < 1.29 is 0 Å². The van der Waals surface area contributed by atoms with Crippen LogP contribution in [0.25, 0.3) is 0 Å². The fraction of sp³-hybridized carbons (Fsp3) is 0. The zero-order valence-corrected chi connectivity index (χ0v) is 9.56. The Bertz CT molecular complexity index is 9.61. The molecule has 0 aromatic rings. The summed E-state index contributed by atoms with van der Waals surface area (Å²) in [5, 5.41) is 0. The van der Waals surface area contributed by atoms with Gasteiger partial charge in [-0.2, -0.15) is 0 Å². The molecule has 0 nitrogen and oxygen atoms in total. The predicted molar refractivity (Wildman–Crippen MR) is 35.3 cm³/mol. The topological polar surface area (TPSA) is 0 Å². The van der Waals surface area contributed by atoms with Crippen molar-refractivity contribution in [3.63, 3.8) is 0 Å². The van der Waals surface area contributed by atoms with E-state index in [4.69, 9.17) is 0 Å². The molecule has 0 radical (unpaired) electrons. The van der Waals surface area contributed by atoms with Crippen molar-refractivity contribution in [1.82, 2.24) is 0 Å². The van der Waals surface area contributed by atoms with Gasteiger partial charge >= 0.3 is 45.6 Å². The molecule has 0 saturated heterocycles. The fourth-order valence-corrected chi connectivity index (χ4v) is 0. The van der Waals surface area contributed by atoms with Gasteiger partial charge in [-0.3, -0.25) is 0 Å². The van der Waals surface area contributed by atoms with Crippen LogP contribution in [0.3, 0.4) is 0 Å². The molecular formula is H3BGaInP2. The summed E-state index contributed by atoms with van der Waals surface area (Å²) >= 11 is 0. The van der Waals surface area contributed by atoms with Crippen LogP contribution in [0.1, 0.15) is 0 Å². The minimum absolute atomic E-state index is 0. The quantitative estimate of drug-likeness (QED) is 0.417. The zero-order valence-electron chi connectivity index (χ0n) is 2.05. The maximum atomic E-state index is 0. The Morgan fingerprint density at radius 3 is 0.800 bits per heavy atom. The summed E-state index contributed by atoms with van der Waals surface area (Å²) in [6, 6.07) is 0. The molecule has 0 N–H and O–H groups in total. The summed E-state index contributed by atoms with van der Waals surface area (Å²) in [5.74, 6) is 0. The van der Waals surface area contributed by atoms with Gasteiger partial charge in [-0.25, -0.2) is 0 Å². The van der Waals surface area contributed by atoms with Crippen molar-refractivity contribution >= 4 is 73.8 Å². The molecule has 0 amide bonds. The molecule has 0 atom stereocenters. The van der Waals surface area contributed by atoms with Crippen molar-refractivity contribution in [2.75, 3.05) is 0 Å². The molecule has 0 aromatic heterocycles. The minimum atomic E-state index is 0. The molecule has 0 aliphatic heterocycles. The molecule has 0 saturated carbocycles.